The van der Waals surface area contributed by atoms with E-state index in [0.717, 1.165) is 22.0 Å². The number of nitrogens with one attached hydrogen (secondary N) is 1. The third-order valence-electron chi connectivity index (χ3n) is 3.36. The van der Waals surface area contributed by atoms with E-state index < -0.39 is 0 Å². The van der Waals surface area contributed by atoms with Gasteiger partial charge in [-0.15, -0.1) is 0 Å². The van der Waals surface area contributed by atoms with Gasteiger partial charge in [0.05, 0.1) is 0 Å². The van der Waals surface area contributed by atoms with Crippen molar-refractivity contribution in [3.8, 4) is 0 Å². The SMILES string of the molecule is NNC(Cc1c(Cl)cccc1Cl)C1CCCCS1. The third kappa shape index (κ3) is 3.55. The molecule has 2 atom stereocenters. The van der Waals surface area contributed by atoms with Gasteiger partial charge in [0.1, 0.15) is 0 Å². The van der Waals surface area contributed by atoms with Crippen LogP contribution in [0.5, 0.6) is 0 Å². The second-order valence-corrected chi connectivity index (χ2v) is 6.74. The number of hydrogen-bond acceptors (Lipinski definition) is 3. The van der Waals surface area contributed by atoms with Crippen molar-refractivity contribution in [3.05, 3.63) is 33.8 Å². The van der Waals surface area contributed by atoms with E-state index in [1.165, 1.54) is 25.0 Å². The number of benzene rings is 1. The summed E-state index contributed by atoms with van der Waals surface area (Å²) >= 11 is 14.4. The Balaban J connectivity index is 2.09. The van der Waals surface area contributed by atoms with Crippen molar-refractivity contribution >= 4 is 35.0 Å². The van der Waals surface area contributed by atoms with Crippen molar-refractivity contribution < 1.29 is 0 Å². The standard InChI is InChI=1S/C13H18Cl2N2S/c14-10-4-3-5-11(15)9(10)8-12(17-16)13-6-1-2-7-18-13/h3-5,12-13,17H,1-2,6-8,16H2. The van der Waals surface area contributed by atoms with Crippen LogP contribution in [0.4, 0.5) is 0 Å². The van der Waals surface area contributed by atoms with Crippen LogP contribution in [0.15, 0.2) is 18.2 Å². The summed E-state index contributed by atoms with van der Waals surface area (Å²) in [6.45, 7) is 0. The van der Waals surface area contributed by atoms with Crippen LogP contribution in [-0.4, -0.2) is 17.0 Å². The van der Waals surface area contributed by atoms with E-state index in [1.54, 1.807) is 0 Å². The first kappa shape index (κ1) is 14.5. The number of hydrazine groups is 1. The smallest absolute Gasteiger partial charge is 0.0453 e. The predicted octanol–water partition coefficient (Wildman–Crippen LogP) is 3.65. The van der Waals surface area contributed by atoms with Gasteiger partial charge in [-0.1, -0.05) is 35.7 Å². The number of halogens is 2. The van der Waals surface area contributed by atoms with E-state index in [-0.39, 0.29) is 6.04 Å². The zero-order valence-corrected chi connectivity index (χ0v) is 12.5. The predicted molar refractivity (Wildman–Crippen MR) is 81.4 cm³/mol. The lowest BCUT2D eigenvalue weighted by atomic mass is 10.00. The lowest BCUT2D eigenvalue weighted by molar-refractivity contribution is 0.472. The number of hydrogen-bond donors (Lipinski definition) is 2. The van der Waals surface area contributed by atoms with Crippen molar-refractivity contribution in [2.24, 2.45) is 5.84 Å². The van der Waals surface area contributed by atoms with Crippen LogP contribution in [0.25, 0.3) is 0 Å². The van der Waals surface area contributed by atoms with Gasteiger partial charge in [0, 0.05) is 21.3 Å². The quantitative estimate of drug-likeness (QED) is 0.658. The summed E-state index contributed by atoms with van der Waals surface area (Å²) in [5, 5.41) is 2.00. The minimum Gasteiger partial charge on any atom is -0.271 e. The summed E-state index contributed by atoms with van der Waals surface area (Å²) in [6.07, 6.45) is 4.59. The highest BCUT2D eigenvalue weighted by Gasteiger charge is 2.24. The molecule has 1 heterocycles. The zero-order chi connectivity index (χ0) is 13.0. The normalized spacial score (nSPS) is 21.8. The van der Waals surface area contributed by atoms with Gasteiger partial charge in [-0.25, -0.2) is 0 Å². The molecule has 1 fully saturated rings. The van der Waals surface area contributed by atoms with Crippen molar-refractivity contribution in [1.29, 1.82) is 0 Å². The van der Waals surface area contributed by atoms with Gasteiger partial charge < -0.3 is 0 Å². The molecular weight excluding hydrogens is 287 g/mol. The average Bonchev–Trinajstić information content (AvgIpc) is 2.40. The molecule has 0 aliphatic carbocycles. The third-order valence-corrected chi connectivity index (χ3v) is 5.59. The van der Waals surface area contributed by atoms with Crippen LogP contribution in [-0.2, 0) is 6.42 Å². The maximum absolute atomic E-state index is 6.21. The Morgan fingerprint density at radius 2 is 2.06 bits per heavy atom. The summed E-state index contributed by atoms with van der Waals surface area (Å²) in [4.78, 5) is 0. The van der Waals surface area contributed by atoms with E-state index in [4.69, 9.17) is 29.0 Å². The molecule has 0 spiro atoms. The lowest BCUT2D eigenvalue weighted by Crippen LogP contribution is -2.45. The van der Waals surface area contributed by atoms with Gasteiger partial charge in [-0.05, 0) is 42.7 Å². The Hall–Kier alpha value is 0.0700. The highest BCUT2D eigenvalue weighted by atomic mass is 35.5. The molecule has 2 nitrogen and oxygen atoms in total. The van der Waals surface area contributed by atoms with Crippen LogP contribution in [0.1, 0.15) is 24.8 Å². The Kier molecular flexibility index (Phi) is 5.64. The largest absolute Gasteiger partial charge is 0.271 e. The molecule has 1 aliphatic heterocycles. The topological polar surface area (TPSA) is 38.0 Å². The Bertz CT molecular complexity index is 374. The molecule has 5 heteroatoms. The highest BCUT2D eigenvalue weighted by Crippen LogP contribution is 2.31. The maximum Gasteiger partial charge on any atom is 0.0453 e. The van der Waals surface area contributed by atoms with Gasteiger partial charge in [-0.3, -0.25) is 11.3 Å². The molecule has 2 unspecified atom stereocenters. The molecule has 18 heavy (non-hydrogen) atoms. The van der Waals surface area contributed by atoms with Crippen molar-refractivity contribution in [1.82, 2.24) is 5.43 Å². The minimum absolute atomic E-state index is 0.229. The molecule has 2 rings (SSSR count). The molecule has 1 aromatic rings. The van der Waals surface area contributed by atoms with E-state index in [9.17, 15) is 0 Å². The molecule has 1 aromatic carbocycles. The van der Waals surface area contributed by atoms with Gasteiger partial charge in [0.25, 0.3) is 0 Å². The maximum atomic E-state index is 6.21. The first-order valence-electron chi connectivity index (χ1n) is 6.23. The average molecular weight is 305 g/mol. The molecule has 0 amide bonds. The molecule has 1 saturated heterocycles. The van der Waals surface area contributed by atoms with Crippen molar-refractivity contribution in [2.75, 3.05) is 5.75 Å². The van der Waals surface area contributed by atoms with Crippen molar-refractivity contribution in [3.63, 3.8) is 0 Å². The van der Waals surface area contributed by atoms with Crippen molar-refractivity contribution in [2.45, 2.75) is 37.0 Å². The second kappa shape index (κ2) is 7.01. The first-order chi connectivity index (χ1) is 8.72. The van der Waals surface area contributed by atoms with Crippen LogP contribution < -0.4 is 11.3 Å². The molecule has 0 radical (unpaired) electrons. The monoisotopic (exact) mass is 304 g/mol. The summed E-state index contributed by atoms with van der Waals surface area (Å²) in [7, 11) is 0. The van der Waals surface area contributed by atoms with E-state index in [0.29, 0.717) is 5.25 Å². The van der Waals surface area contributed by atoms with Crippen LogP contribution in [0.3, 0.4) is 0 Å². The lowest BCUT2D eigenvalue weighted by Gasteiger charge is -2.29. The van der Waals surface area contributed by atoms with Gasteiger partial charge in [0.2, 0.25) is 0 Å². The number of thioether (sulfide) groups is 1. The molecule has 0 saturated carbocycles. The van der Waals surface area contributed by atoms with E-state index in [2.05, 4.69) is 5.43 Å². The molecule has 1 aliphatic rings. The summed E-state index contributed by atoms with van der Waals surface area (Å²) < 4.78 is 0. The fourth-order valence-corrected chi connectivity index (χ4v) is 4.29. The fraction of sp³-hybridized carbons (Fsp3) is 0.538. The number of rotatable bonds is 4. The van der Waals surface area contributed by atoms with E-state index in [1.807, 2.05) is 30.0 Å². The van der Waals surface area contributed by atoms with Crippen LogP contribution >= 0.6 is 35.0 Å². The molecule has 3 N–H and O–H groups in total. The zero-order valence-electron chi connectivity index (χ0n) is 10.2. The van der Waals surface area contributed by atoms with Crippen LogP contribution in [0.2, 0.25) is 10.0 Å². The summed E-state index contributed by atoms with van der Waals surface area (Å²) in [5.41, 5.74) is 3.93. The molecule has 100 valence electrons. The van der Waals surface area contributed by atoms with E-state index >= 15 is 0 Å². The second-order valence-electron chi connectivity index (χ2n) is 4.58. The molecule has 0 bridgehead atoms. The fourth-order valence-electron chi connectivity index (χ4n) is 2.33. The Morgan fingerprint density at radius 1 is 1.33 bits per heavy atom. The number of nitrogens with two attached hydrogens (primary N) is 1. The van der Waals surface area contributed by atoms with Gasteiger partial charge in [-0.2, -0.15) is 11.8 Å². The van der Waals surface area contributed by atoms with Gasteiger partial charge >= 0.3 is 0 Å². The van der Waals surface area contributed by atoms with Gasteiger partial charge in [0.15, 0.2) is 0 Å². The Morgan fingerprint density at radius 3 is 2.61 bits per heavy atom. The molecule has 0 aromatic heterocycles. The summed E-state index contributed by atoms with van der Waals surface area (Å²) in [6, 6.07) is 5.86. The Labute approximate surface area is 123 Å². The first-order valence-corrected chi connectivity index (χ1v) is 8.03. The van der Waals surface area contributed by atoms with Crippen LogP contribution in [0, 0.1) is 0 Å². The minimum atomic E-state index is 0.229. The molecular formula is C13H18Cl2N2S. The highest BCUT2D eigenvalue weighted by molar-refractivity contribution is 8.00. The summed E-state index contributed by atoms with van der Waals surface area (Å²) in [5.74, 6) is 6.92.